The molecule has 0 bridgehead atoms. The molecule has 0 saturated carbocycles. The monoisotopic (exact) mass is 356 g/mol. The maximum absolute atomic E-state index is 10.6. The van der Waals surface area contributed by atoms with Crippen LogP contribution >= 0.6 is 0 Å². The standard InChI is InChI=1S/C7H16N2.2C2HF3O2/c1-6-4-8-5-7(2)9(6)3;2*3-2(4,5)1(6)7/h6-8H,4-5H2,1-3H3;2*(H,6,7)/t6-,7+;;. The van der Waals surface area contributed by atoms with Crippen molar-refractivity contribution >= 4 is 11.9 Å². The molecule has 1 heterocycles. The van der Waals surface area contributed by atoms with E-state index in [1.165, 1.54) is 0 Å². The predicted octanol–water partition coefficient (Wildman–Crippen LogP) is 1.56. The molecule has 0 aliphatic carbocycles. The Morgan fingerprint density at radius 3 is 1.26 bits per heavy atom. The molecule has 1 saturated heterocycles. The third-order valence-electron chi connectivity index (χ3n) is 2.76. The van der Waals surface area contributed by atoms with Crippen LogP contribution in [0.1, 0.15) is 13.8 Å². The van der Waals surface area contributed by atoms with Gasteiger partial charge in [0.2, 0.25) is 0 Å². The summed E-state index contributed by atoms with van der Waals surface area (Å²) in [4.78, 5) is 20.2. The van der Waals surface area contributed by atoms with Crippen molar-refractivity contribution in [3.05, 3.63) is 0 Å². The van der Waals surface area contributed by atoms with Crippen LogP contribution in [0.15, 0.2) is 0 Å². The molecule has 1 rings (SSSR count). The van der Waals surface area contributed by atoms with E-state index in [9.17, 15) is 26.3 Å². The highest BCUT2D eigenvalue weighted by Gasteiger charge is 2.38. The van der Waals surface area contributed by atoms with Crippen LogP contribution in [0.4, 0.5) is 26.3 Å². The van der Waals surface area contributed by atoms with Crippen molar-refractivity contribution in [1.29, 1.82) is 0 Å². The summed E-state index contributed by atoms with van der Waals surface area (Å²) in [6.07, 6.45) is -10.2. The number of nitrogens with zero attached hydrogens (tertiary/aromatic N) is 1. The molecule has 1 fully saturated rings. The molecule has 1 aliphatic rings. The first kappa shape index (κ1) is 23.7. The van der Waals surface area contributed by atoms with E-state index in [1.54, 1.807) is 0 Å². The Bertz CT molecular complexity index is 352. The second kappa shape index (κ2) is 9.55. The molecular weight excluding hydrogens is 338 g/mol. The zero-order valence-corrected chi connectivity index (χ0v) is 12.5. The van der Waals surface area contributed by atoms with Crippen LogP contribution in [-0.2, 0) is 9.59 Å². The molecule has 0 aromatic carbocycles. The van der Waals surface area contributed by atoms with E-state index in [2.05, 4.69) is 31.1 Å². The number of hydrogen-bond donors (Lipinski definition) is 3. The Kier molecular flexibility index (Phi) is 9.84. The molecule has 0 aromatic rings. The number of hydrogen-bond acceptors (Lipinski definition) is 4. The molecule has 6 nitrogen and oxygen atoms in total. The fourth-order valence-corrected chi connectivity index (χ4v) is 1.22. The molecule has 1 aliphatic heterocycles. The van der Waals surface area contributed by atoms with E-state index in [4.69, 9.17) is 19.8 Å². The van der Waals surface area contributed by atoms with Crippen LogP contribution in [0.2, 0.25) is 0 Å². The van der Waals surface area contributed by atoms with Crippen LogP contribution < -0.4 is 5.32 Å². The average molecular weight is 356 g/mol. The fourth-order valence-electron chi connectivity index (χ4n) is 1.22. The van der Waals surface area contributed by atoms with Crippen molar-refractivity contribution in [3.63, 3.8) is 0 Å². The predicted molar refractivity (Wildman–Crippen MR) is 66.9 cm³/mol. The van der Waals surface area contributed by atoms with E-state index in [-0.39, 0.29) is 0 Å². The lowest BCUT2D eigenvalue weighted by Crippen LogP contribution is -2.52. The van der Waals surface area contributed by atoms with E-state index >= 15 is 0 Å². The maximum Gasteiger partial charge on any atom is 0.490 e. The number of alkyl halides is 6. The summed E-state index contributed by atoms with van der Waals surface area (Å²) < 4.78 is 63.5. The Labute approximate surface area is 128 Å². The molecule has 2 atom stereocenters. The molecule has 138 valence electrons. The summed E-state index contributed by atoms with van der Waals surface area (Å²) in [5.74, 6) is -5.51. The van der Waals surface area contributed by atoms with Crippen molar-refractivity contribution < 1.29 is 46.1 Å². The number of rotatable bonds is 0. The number of carboxylic acid groups (broad SMARTS) is 2. The quantitative estimate of drug-likeness (QED) is 0.571. The van der Waals surface area contributed by atoms with Crippen LogP contribution in [0.3, 0.4) is 0 Å². The lowest BCUT2D eigenvalue weighted by molar-refractivity contribution is -0.193. The van der Waals surface area contributed by atoms with Crippen LogP contribution in [0.25, 0.3) is 0 Å². The van der Waals surface area contributed by atoms with Crippen molar-refractivity contribution in [1.82, 2.24) is 10.2 Å². The SMILES string of the molecule is C[C@@H]1CNC[C@H](C)N1C.O=C(O)C(F)(F)F.O=C(O)C(F)(F)F. The van der Waals surface area contributed by atoms with Gasteiger partial charge in [0.25, 0.3) is 0 Å². The minimum Gasteiger partial charge on any atom is -0.475 e. The van der Waals surface area contributed by atoms with Gasteiger partial charge in [-0.3, -0.25) is 4.90 Å². The Morgan fingerprint density at radius 1 is 0.913 bits per heavy atom. The Hall–Kier alpha value is -1.56. The van der Waals surface area contributed by atoms with E-state index in [0.29, 0.717) is 12.1 Å². The van der Waals surface area contributed by atoms with Crippen molar-refractivity contribution in [3.8, 4) is 0 Å². The highest BCUT2D eigenvalue weighted by Crippen LogP contribution is 2.13. The molecule has 0 unspecified atom stereocenters. The van der Waals surface area contributed by atoms with Crippen molar-refractivity contribution in [2.24, 2.45) is 0 Å². The zero-order valence-electron chi connectivity index (χ0n) is 12.5. The molecule has 0 radical (unpaired) electrons. The summed E-state index contributed by atoms with van der Waals surface area (Å²) in [7, 11) is 2.19. The van der Waals surface area contributed by atoms with Gasteiger partial charge in [0, 0.05) is 25.2 Å². The number of piperazine rings is 1. The minimum atomic E-state index is -5.08. The van der Waals surface area contributed by atoms with E-state index in [0.717, 1.165) is 13.1 Å². The van der Waals surface area contributed by atoms with Gasteiger partial charge in [0.15, 0.2) is 0 Å². The summed E-state index contributed by atoms with van der Waals surface area (Å²) in [5.41, 5.74) is 0. The maximum atomic E-state index is 10.6. The third-order valence-corrected chi connectivity index (χ3v) is 2.76. The zero-order chi connectivity index (χ0) is 19.0. The number of carboxylic acids is 2. The normalized spacial score (nSPS) is 22.1. The van der Waals surface area contributed by atoms with E-state index < -0.39 is 24.3 Å². The van der Waals surface area contributed by atoms with Crippen LogP contribution in [0, 0.1) is 0 Å². The Balaban J connectivity index is 0. The van der Waals surface area contributed by atoms with Gasteiger partial charge in [0.1, 0.15) is 0 Å². The molecule has 12 heteroatoms. The minimum absolute atomic E-state index is 0.703. The van der Waals surface area contributed by atoms with Gasteiger partial charge in [-0.05, 0) is 20.9 Å². The number of halogens is 6. The number of likely N-dealkylation sites (N-methyl/N-ethyl adjacent to an activating group) is 1. The Morgan fingerprint density at radius 2 is 1.13 bits per heavy atom. The van der Waals surface area contributed by atoms with Crippen LogP contribution in [-0.4, -0.2) is 71.6 Å². The lowest BCUT2D eigenvalue weighted by Gasteiger charge is -2.36. The molecule has 0 amide bonds. The third kappa shape index (κ3) is 11.6. The summed E-state index contributed by atoms with van der Waals surface area (Å²) in [5, 5.41) is 17.6. The van der Waals surface area contributed by atoms with Gasteiger partial charge in [-0.2, -0.15) is 26.3 Å². The van der Waals surface area contributed by atoms with E-state index in [1.807, 2.05) is 0 Å². The molecular formula is C11H18F6N2O4. The summed E-state index contributed by atoms with van der Waals surface area (Å²) in [6, 6.07) is 1.41. The first-order valence-corrected chi connectivity index (χ1v) is 6.13. The van der Waals surface area contributed by atoms with Crippen LogP contribution in [0.5, 0.6) is 0 Å². The lowest BCUT2D eigenvalue weighted by atomic mass is 10.1. The second-order valence-corrected chi connectivity index (χ2v) is 4.63. The fraction of sp³-hybridized carbons (Fsp3) is 0.818. The molecule has 0 spiro atoms. The van der Waals surface area contributed by atoms with Gasteiger partial charge in [0.05, 0.1) is 0 Å². The summed E-state index contributed by atoms with van der Waals surface area (Å²) >= 11 is 0. The first-order valence-electron chi connectivity index (χ1n) is 6.13. The second-order valence-electron chi connectivity index (χ2n) is 4.63. The van der Waals surface area contributed by atoms with Gasteiger partial charge in [-0.25, -0.2) is 9.59 Å². The molecule has 0 aromatic heterocycles. The van der Waals surface area contributed by atoms with Gasteiger partial charge < -0.3 is 15.5 Å². The largest absolute Gasteiger partial charge is 0.490 e. The van der Waals surface area contributed by atoms with Crippen molar-refractivity contribution in [2.45, 2.75) is 38.3 Å². The van der Waals surface area contributed by atoms with Crippen molar-refractivity contribution in [2.75, 3.05) is 20.1 Å². The van der Waals surface area contributed by atoms with Gasteiger partial charge in [-0.15, -0.1) is 0 Å². The number of nitrogens with one attached hydrogen (secondary N) is 1. The number of carbonyl (C=O) groups is 2. The highest BCUT2D eigenvalue weighted by molar-refractivity contribution is 5.73. The molecule has 23 heavy (non-hydrogen) atoms. The first-order chi connectivity index (χ1) is 10.1. The topological polar surface area (TPSA) is 89.9 Å². The highest BCUT2D eigenvalue weighted by atomic mass is 19.4. The summed E-state index contributed by atoms with van der Waals surface area (Å²) in [6.45, 7) is 6.78. The van der Waals surface area contributed by atoms with Gasteiger partial charge in [-0.1, -0.05) is 0 Å². The average Bonchev–Trinajstić information content (AvgIpc) is 2.35. The smallest absolute Gasteiger partial charge is 0.475 e. The molecule has 3 N–H and O–H groups in total. The number of aliphatic carboxylic acids is 2. The van der Waals surface area contributed by atoms with Gasteiger partial charge >= 0.3 is 24.3 Å².